The van der Waals surface area contributed by atoms with Crippen LogP contribution in [0.4, 0.5) is 5.13 Å². The van der Waals surface area contributed by atoms with E-state index in [1.807, 2.05) is 6.92 Å². The second-order valence-electron chi connectivity index (χ2n) is 7.56. The fraction of sp³-hybridized carbons (Fsp3) is 0.500. The lowest BCUT2D eigenvalue weighted by molar-refractivity contribution is -0.116. The van der Waals surface area contributed by atoms with E-state index in [2.05, 4.69) is 15.5 Å². The zero-order valence-electron chi connectivity index (χ0n) is 17.4. The molecule has 0 unspecified atom stereocenters. The van der Waals surface area contributed by atoms with Crippen molar-refractivity contribution in [3.63, 3.8) is 0 Å². The Morgan fingerprint density at radius 1 is 0.900 bits per heavy atom. The van der Waals surface area contributed by atoms with Gasteiger partial charge in [0.25, 0.3) is 11.8 Å². The second-order valence-corrected chi connectivity index (χ2v) is 8.74. The number of unbranched alkanes of at least 4 members (excludes halogenated alkanes) is 7. The van der Waals surface area contributed by atoms with E-state index >= 15 is 0 Å². The number of nitrogens with one attached hydrogen (secondary N) is 1. The summed E-state index contributed by atoms with van der Waals surface area (Å²) in [4.78, 5) is 37.8. The predicted molar refractivity (Wildman–Crippen MR) is 117 cm³/mol. The van der Waals surface area contributed by atoms with E-state index in [4.69, 9.17) is 0 Å². The van der Waals surface area contributed by atoms with Crippen LogP contribution in [0.1, 0.15) is 83.5 Å². The van der Waals surface area contributed by atoms with Crippen LogP contribution in [0, 0.1) is 6.92 Å². The third kappa shape index (κ3) is 5.95. The molecule has 1 N–H and O–H groups in total. The molecule has 0 fully saturated rings. The van der Waals surface area contributed by atoms with Crippen molar-refractivity contribution in [2.75, 3.05) is 11.9 Å². The minimum atomic E-state index is -0.166. The van der Waals surface area contributed by atoms with Crippen molar-refractivity contribution in [2.45, 2.75) is 64.7 Å². The van der Waals surface area contributed by atoms with Crippen LogP contribution in [0.3, 0.4) is 0 Å². The quantitative estimate of drug-likeness (QED) is 0.394. The molecule has 0 saturated heterocycles. The van der Waals surface area contributed by atoms with Crippen molar-refractivity contribution in [3.05, 3.63) is 40.4 Å². The van der Waals surface area contributed by atoms with E-state index in [1.165, 1.54) is 16.2 Å². The summed E-state index contributed by atoms with van der Waals surface area (Å²) < 4.78 is 0. The Labute approximate surface area is 180 Å². The van der Waals surface area contributed by atoms with Crippen molar-refractivity contribution >= 4 is 34.2 Å². The van der Waals surface area contributed by atoms with Crippen LogP contribution in [0.15, 0.2) is 24.3 Å². The van der Waals surface area contributed by atoms with Gasteiger partial charge in [0.2, 0.25) is 11.0 Å². The van der Waals surface area contributed by atoms with Gasteiger partial charge in [-0.2, -0.15) is 0 Å². The zero-order valence-corrected chi connectivity index (χ0v) is 18.2. The van der Waals surface area contributed by atoms with Crippen LogP contribution in [-0.4, -0.2) is 39.4 Å². The maximum atomic E-state index is 12.3. The summed E-state index contributed by atoms with van der Waals surface area (Å²) in [6.45, 7) is 2.35. The van der Waals surface area contributed by atoms with Crippen LogP contribution in [0.25, 0.3) is 0 Å². The van der Waals surface area contributed by atoms with Gasteiger partial charge in [-0.25, -0.2) is 0 Å². The molecule has 0 aliphatic carbocycles. The number of rotatable bonds is 12. The van der Waals surface area contributed by atoms with Gasteiger partial charge in [-0.3, -0.25) is 19.3 Å². The number of imide groups is 1. The largest absolute Gasteiger partial charge is 0.301 e. The van der Waals surface area contributed by atoms with Crippen LogP contribution in [0.2, 0.25) is 0 Å². The number of carbonyl (C=O) groups excluding carboxylic acids is 3. The Morgan fingerprint density at radius 3 is 2.03 bits per heavy atom. The first-order valence-electron chi connectivity index (χ1n) is 10.6. The van der Waals surface area contributed by atoms with Gasteiger partial charge in [-0.15, -0.1) is 10.2 Å². The Kier molecular flexibility index (Phi) is 8.07. The highest BCUT2D eigenvalue weighted by molar-refractivity contribution is 7.15. The lowest BCUT2D eigenvalue weighted by Gasteiger charge is -2.13. The molecule has 0 bridgehead atoms. The maximum Gasteiger partial charge on any atom is 0.261 e. The summed E-state index contributed by atoms with van der Waals surface area (Å²) in [5, 5.41) is 12.0. The average molecular weight is 429 g/mol. The Balaban J connectivity index is 1.18. The molecule has 1 aliphatic rings. The Morgan fingerprint density at radius 2 is 1.47 bits per heavy atom. The van der Waals surface area contributed by atoms with Gasteiger partial charge in [-0.05, 0) is 31.9 Å². The Bertz CT molecular complexity index is 861. The van der Waals surface area contributed by atoms with Crippen LogP contribution in [0.5, 0.6) is 0 Å². The first kappa shape index (κ1) is 22.1. The minimum Gasteiger partial charge on any atom is -0.301 e. The highest BCUT2D eigenvalue weighted by Crippen LogP contribution is 2.23. The van der Waals surface area contributed by atoms with Gasteiger partial charge < -0.3 is 5.32 Å². The normalized spacial score (nSPS) is 13.0. The zero-order chi connectivity index (χ0) is 21.3. The van der Waals surface area contributed by atoms with Gasteiger partial charge >= 0.3 is 0 Å². The molecule has 160 valence electrons. The number of aromatic nitrogens is 2. The molecule has 1 aromatic heterocycles. The van der Waals surface area contributed by atoms with E-state index in [0.717, 1.165) is 56.4 Å². The summed E-state index contributed by atoms with van der Waals surface area (Å²) >= 11 is 1.38. The monoisotopic (exact) mass is 428 g/mol. The van der Waals surface area contributed by atoms with Crippen molar-refractivity contribution in [1.82, 2.24) is 15.1 Å². The van der Waals surface area contributed by atoms with E-state index < -0.39 is 0 Å². The number of hydrogen-bond acceptors (Lipinski definition) is 6. The Hall–Kier alpha value is -2.61. The van der Waals surface area contributed by atoms with Gasteiger partial charge in [0.1, 0.15) is 5.01 Å². The van der Waals surface area contributed by atoms with E-state index in [9.17, 15) is 14.4 Å². The molecule has 0 radical (unpaired) electrons. The molecule has 0 spiro atoms. The number of hydrogen-bond donors (Lipinski definition) is 1. The summed E-state index contributed by atoms with van der Waals surface area (Å²) in [5.74, 6) is -0.332. The van der Waals surface area contributed by atoms with E-state index in [0.29, 0.717) is 29.2 Å². The molecule has 1 aromatic carbocycles. The molecule has 2 aromatic rings. The number of benzene rings is 1. The molecule has 0 atom stereocenters. The smallest absolute Gasteiger partial charge is 0.261 e. The molecule has 2 heterocycles. The van der Waals surface area contributed by atoms with Gasteiger partial charge in [0.15, 0.2) is 0 Å². The highest BCUT2D eigenvalue weighted by atomic mass is 32.1. The third-order valence-corrected chi connectivity index (χ3v) is 5.94. The first-order valence-corrected chi connectivity index (χ1v) is 11.4. The van der Waals surface area contributed by atoms with Gasteiger partial charge in [0.05, 0.1) is 11.1 Å². The molecule has 3 rings (SSSR count). The van der Waals surface area contributed by atoms with Crippen molar-refractivity contribution in [2.24, 2.45) is 0 Å². The minimum absolute atomic E-state index is 0.000641. The van der Waals surface area contributed by atoms with Crippen molar-refractivity contribution in [1.29, 1.82) is 0 Å². The highest BCUT2D eigenvalue weighted by Gasteiger charge is 2.34. The van der Waals surface area contributed by atoms with E-state index in [1.54, 1.807) is 24.3 Å². The fourth-order valence-electron chi connectivity index (χ4n) is 3.59. The number of fused-ring (bicyclic) bond motifs is 1. The second kappa shape index (κ2) is 11.0. The van der Waals surface area contributed by atoms with Crippen LogP contribution in [-0.2, 0) is 4.79 Å². The summed E-state index contributed by atoms with van der Waals surface area (Å²) in [7, 11) is 0. The third-order valence-electron chi connectivity index (χ3n) is 5.19. The lowest BCUT2D eigenvalue weighted by Crippen LogP contribution is -2.30. The van der Waals surface area contributed by atoms with Gasteiger partial charge in [-0.1, -0.05) is 62.0 Å². The SMILES string of the molecule is Cc1nnc(NC(=O)CCCCCCCCCCN2C(=O)c3ccccc3C2=O)s1. The van der Waals surface area contributed by atoms with Crippen LogP contribution < -0.4 is 5.32 Å². The summed E-state index contributed by atoms with van der Waals surface area (Å²) in [6.07, 6.45) is 8.78. The molecule has 3 amide bonds. The van der Waals surface area contributed by atoms with Crippen LogP contribution >= 0.6 is 11.3 Å². The van der Waals surface area contributed by atoms with E-state index in [-0.39, 0.29) is 17.7 Å². The number of anilines is 1. The summed E-state index contributed by atoms with van der Waals surface area (Å²) in [5.41, 5.74) is 1.05. The molecular formula is C22H28N4O3S. The molecular weight excluding hydrogens is 400 g/mol. The maximum absolute atomic E-state index is 12.3. The summed E-state index contributed by atoms with van der Waals surface area (Å²) in [6, 6.07) is 7.02. The topological polar surface area (TPSA) is 92.3 Å². The first-order chi connectivity index (χ1) is 14.6. The molecule has 8 heteroatoms. The van der Waals surface area contributed by atoms with Crippen molar-refractivity contribution in [3.8, 4) is 0 Å². The molecule has 7 nitrogen and oxygen atoms in total. The molecule has 0 saturated carbocycles. The molecule has 30 heavy (non-hydrogen) atoms. The standard InChI is InChI=1S/C22H28N4O3S/c1-16-24-25-22(30-16)23-19(27)14-8-6-4-2-3-5-7-11-15-26-20(28)17-12-9-10-13-18(17)21(26)29/h9-10,12-13H,2-8,11,14-15H2,1H3,(H,23,25,27). The fourth-order valence-corrected chi connectivity index (χ4v) is 4.20. The van der Waals surface area contributed by atoms with Gasteiger partial charge in [0, 0.05) is 13.0 Å². The lowest BCUT2D eigenvalue weighted by atomic mass is 10.1. The number of amides is 3. The van der Waals surface area contributed by atoms with Crippen molar-refractivity contribution < 1.29 is 14.4 Å². The average Bonchev–Trinajstić information content (AvgIpc) is 3.25. The number of nitrogens with zero attached hydrogens (tertiary/aromatic N) is 3. The number of carbonyl (C=O) groups is 3. The predicted octanol–water partition coefficient (Wildman–Crippen LogP) is 4.59. The molecule has 1 aliphatic heterocycles. The number of aryl methyl sites for hydroxylation is 1.